The molecule has 5 atom stereocenters. The molecular formula is C20H30O6. The molecule has 2 fully saturated rings. The average Bonchev–Trinajstić information content (AvgIpc) is 3.09. The van der Waals surface area contributed by atoms with Gasteiger partial charge in [0.1, 0.15) is 24.1 Å². The van der Waals surface area contributed by atoms with E-state index in [0.717, 1.165) is 24.2 Å². The zero-order chi connectivity index (χ0) is 18.7. The van der Waals surface area contributed by atoms with Crippen molar-refractivity contribution in [1.29, 1.82) is 0 Å². The Kier molecular flexibility index (Phi) is 6.20. The number of ether oxygens (including phenoxy) is 5. The van der Waals surface area contributed by atoms with Crippen LogP contribution in [0.5, 0.6) is 5.75 Å². The third-order valence-corrected chi connectivity index (χ3v) is 4.88. The molecule has 0 bridgehead atoms. The van der Waals surface area contributed by atoms with Crippen molar-refractivity contribution in [2.45, 2.75) is 83.1 Å². The van der Waals surface area contributed by atoms with Crippen LogP contribution < -0.4 is 4.74 Å². The summed E-state index contributed by atoms with van der Waals surface area (Å²) in [4.78, 5) is 0. The highest BCUT2D eigenvalue weighted by molar-refractivity contribution is 5.32. The van der Waals surface area contributed by atoms with Crippen molar-refractivity contribution in [2.24, 2.45) is 0 Å². The van der Waals surface area contributed by atoms with Crippen LogP contribution in [0.15, 0.2) is 24.3 Å². The zero-order valence-corrected chi connectivity index (χ0v) is 16.0. The maximum absolute atomic E-state index is 10.6. The van der Waals surface area contributed by atoms with Gasteiger partial charge in [0.15, 0.2) is 12.1 Å². The lowest BCUT2D eigenvalue weighted by atomic mass is 10.0. The number of benzene rings is 1. The van der Waals surface area contributed by atoms with Crippen molar-refractivity contribution in [3.8, 4) is 5.75 Å². The SMILES string of the molecule is CCCC[C@H](O)[C@H]1O[C@@H]2OC(C)(C)O[C@@H]2[C@H]1OCc1ccccc1OC. The standard InChI is InChI=1S/C20H30O6/c1-5-6-10-14(21)16-17(18-19(24-16)26-20(2,3)25-18)23-12-13-9-7-8-11-15(13)22-4/h7-9,11,14,16-19,21H,5-6,10,12H2,1-4H3/t14-,16+,17-,18+,19+/m0/s1. The van der Waals surface area contributed by atoms with Crippen LogP contribution in [-0.4, -0.2) is 48.7 Å². The molecule has 0 amide bonds. The number of hydrogen-bond donors (Lipinski definition) is 1. The minimum absolute atomic E-state index is 0.349. The largest absolute Gasteiger partial charge is 0.496 e. The van der Waals surface area contributed by atoms with E-state index in [2.05, 4.69) is 6.92 Å². The zero-order valence-electron chi connectivity index (χ0n) is 16.0. The molecule has 0 spiro atoms. The number of methoxy groups -OCH3 is 1. The summed E-state index contributed by atoms with van der Waals surface area (Å²) in [5.74, 6) is 0.0516. The van der Waals surface area contributed by atoms with Crippen LogP contribution in [0.1, 0.15) is 45.6 Å². The Balaban J connectivity index is 1.72. The van der Waals surface area contributed by atoms with Gasteiger partial charge in [-0.3, -0.25) is 0 Å². The monoisotopic (exact) mass is 366 g/mol. The Morgan fingerprint density at radius 1 is 1.23 bits per heavy atom. The Morgan fingerprint density at radius 3 is 2.73 bits per heavy atom. The lowest BCUT2D eigenvalue weighted by Crippen LogP contribution is -2.42. The van der Waals surface area contributed by atoms with Crippen molar-refractivity contribution >= 4 is 0 Å². The first-order valence-electron chi connectivity index (χ1n) is 9.38. The smallest absolute Gasteiger partial charge is 0.190 e. The highest BCUT2D eigenvalue weighted by Crippen LogP contribution is 2.40. The van der Waals surface area contributed by atoms with Gasteiger partial charge in [-0.2, -0.15) is 0 Å². The number of fused-ring (bicyclic) bond motifs is 1. The van der Waals surface area contributed by atoms with E-state index in [1.54, 1.807) is 7.11 Å². The van der Waals surface area contributed by atoms with E-state index < -0.39 is 30.4 Å². The summed E-state index contributed by atoms with van der Waals surface area (Å²) in [5.41, 5.74) is 0.943. The molecule has 0 aliphatic carbocycles. The fourth-order valence-electron chi connectivity index (χ4n) is 3.59. The van der Waals surface area contributed by atoms with E-state index in [1.165, 1.54) is 0 Å². The Bertz CT molecular complexity index is 589. The summed E-state index contributed by atoms with van der Waals surface area (Å²) in [6.07, 6.45) is 0.249. The second kappa shape index (κ2) is 8.23. The number of rotatable bonds is 8. The molecule has 3 rings (SSSR count). The molecule has 0 saturated carbocycles. The van der Waals surface area contributed by atoms with Gasteiger partial charge in [-0.25, -0.2) is 0 Å². The molecule has 0 radical (unpaired) electrons. The van der Waals surface area contributed by atoms with Crippen LogP contribution in [0.25, 0.3) is 0 Å². The molecule has 146 valence electrons. The van der Waals surface area contributed by atoms with E-state index in [0.29, 0.717) is 13.0 Å². The van der Waals surface area contributed by atoms with E-state index >= 15 is 0 Å². The van der Waals surface area contributed by atoms with Gasteiger partial charge in [-0.05, 0) is 26.3 Å². The first-order chi connectivity index (χ1) is 12.4. The lowest BCUT2D eigenvalue weighted by Gasteiger charge is -2.28. The van der Waals surface area contributed by atoms with E-state index in [-0.39, 0.29) is 6.10 Å². The molecule has 1 aromatic carbocycles. The van der Waals surface area contributed by atoms with Gasteiger partial charge in [0.05, 0.1) is 19.8 Å². The molecule has 26 heavy (non-hydrogen) atoms. The normalized spacial score (nSPS) is 31.0. The Hall–Kier alpha value is -1.18. The number of aliphatic hydroxyl groups excluding tert-OH is 1. The van der Waals surface area contributed by atoms with Crippen LogP contribution in [-0.2, 0) is 25.6 Å². The molecule has 1 N–H and O–H groups in total. The predicted octanol–water partition coefficient (Wildman–Crippen LogP) is 3.01. The number of unbranched alkanes of at least 4 members (excludes halogenated alkanes) is 1. The summed E-state index contributed by atoms with van der Waals surface area (Å²) < 4.78 is 29.4. The average molecular weight is 366 g/mol. The van der Waals surface area contributed by atoms with Crippen molar-refractivity contribution in [2.75, 3.05) is 7.11 Å². The van der Waals surface area contributed by atoms with Gasteiger partial charge in [0.25, 0.3) is 0 Å². The number of hydrogen-bond acceptors (Lipinski definition) is 6. The molecule has 2 aliphatic rings. The van der Waals surface area contributed by atoms with Crippen LogP contribution >= 0.6 is 0 Å². The fraction of sp³-hybridized carbons (Fsp3) is 0.700. The minimum Gasteiger partial charge on any atom is -0.496 e. The quantitative estimate of drug-likeness (QED) is 0.763. The molecule has 1 aromatic rings. The fourth-order valence-corrected chi connectivity index (χ4v) is 3.59. The highest BCUT2D eigenvalue weighted by atomic mass is 16.8. The van der Waals surface area contributed by atoms with Crippen molar-refractivity contribution in [1.82, 2.24) is 0 Å². The lowest BCUT2D eigenvalue weighted by molar-refractivity contribution is -0.230. The van der Waals surface area contributed by atoms with Gasteiger partial charge in [-0.1, -0.05) is 38.0 Å². The summed E-state index contributed by atoms with van der Waals surface area (Å²) >= 11 is 0. The van der Waals surface area contributed by atoms with Gasteiger partial charge >= 0.3 is 0 Å². The molecule has 6 nitrogen and oxygen atoms in total. The molecule has 0 aromatic heterocycles. The first-order valence-corrected chi connectivity index (χ1v) is 9.38. The third kappa shape index (κ3) is 4.21. The molecular weight excluding hydrogens is 336 g/mol. The molecule has 6 heteroatoms. The Morgan fingerprint density at radius 2 is 2.00 bits per heavy atom. The van der Waals surface area contributed by atoms with Gasteiger partial charge in [0.2, 0.25) is 0 Å². The van der Waals surface area contributed by atoms with Crippen LogP contribution in [0.3, 0.4) is 0 Å². The molecule has 2 saturated heterocycles. The Labute approximate surface area is 155 Å². The van der Waals surface area contributed by atoms with Crippen molar-refractivity contribution in [3.05, 3.63) is 29.8 Å². The molecule has 0 unspecified atom stereocenters. The van der Waals surface area contributed by atoms with Gasteiger partial charge in [-0.15, -0.1) is 0 Å². The van der Waals surface area contributed by atoms with E-state index in [9.17, 15) is 5.11 Å². The second-order valence-corrected chi connectivity index (χ2v) is 7.37. The maximum Gasteiger partial charge on any atom is 0.190 e. The van der Waals surface area contributed by atoms with Gasteiger partial charge in [0, 0.05) is 5.56 Å². The topological polar surface area (TPSA) is 66.4 Å². The third-order valence-electron chi connectivity index (χ3n) is 4.88. The highest BCUT2D eigenvalue weighted by Gasteiger charge is 2.56. The number of para-hydroxylation sites is 1. The minimum atomic E-state index is -0.722. The first kappa shape index (κ1) is 19.6. The van der Waals surface area contributed by atoms with Crippen LogP contribution in [0.2, 0.25) is 0 Å². The van der Waals surface area contributed by atoms with Crippen molar-refractivity contribution in [3.63, 3.8) is 0 Å². The second-order valence-electron chi connectivity index (χ2n) is 7.37. The summed E-state index contributed by atoms with van der Waals surface area (Å²) in [7, 11) is 1.64. The molecule has 2 aliphatic heterocycles. The summed E-state index contributed by atoms with van der Waals surface area (Å²) in [6, 6.07) is 7.73. The van der Waals surface area contributed by atoms with Crippen LogP contribution in [0.4, 0.5) is 0 Å². The maximum atomic E-state index is 10.6. The number of aliphatic hydroxyl groups is 1. The van der Waals surface area contributed by atoms with E-state index in [4.69, 9.17) is 23.7 Å². The van der Waals surface area contributed by atoms with Crippen molar-refractivity contribution < 1.29 is 28.8 Å². The van der Waals surface area contributed by atoms with Crippen LogP contribution in [0, 0.1) is 0 Å². The summed E-state index contributed by atoms with van der Waals surface area (Å²) in [5, 5.41) is 10.6. The summed E-state index contributed by atoms with van der Waals surface area (Å²) in [6.45, 7) is 6.16. The predicted molar refractivity (Wildman–Crippen MR) is 95.8 cm³/mol. The van der Waals surface area contributed by atoms with E-state index in [1.807, 2.05) is 38.1 Å². The molecule has 2 heterocycles. The van der Waals surface area contributed by atoms with Gasteiger partial charge < -0.3 is 28.8 Å².